The van der Waals surface area contributed by atoms with Gasteiger partial charge in [-0.15, -0.1) is 0 Å². The van der Waals surface area contributed by atoms with E-state index < -0.39 is 0 Å². The van der Waals surface area contributed by atoms with Crippen LogP contribution < -0.4 is 5.32 Å². The molecule has 4 aromatic rings. The summed E-state index contributed by atoms with van der Waals surface area (Å²) in [5, 5.41) is 7.59. The highest BCUT2D eigenvalue weighted by Gasteiger charge is 2.16. The summed E-state index contributed by atoms with van der Waals surface area (Å²) in [5.41, 5.74) is 3.60. The van der Waals surface area contributed by atoms with Crippen LogP contribution in [-0.4, -0.2) is 15.6 Å². The van der Waals surface area contributed by atoms with Gasteiger partial charge in [-0.25, -0.2) is 4.39 Å². The summed E-state index contributed by atoms with van der Waals surface area (Å²) < 4.78 is 20.0. The molecule has 5 nitrogen and oxygen atoms in total. The largest absolute Gasteiger partial charge is 0.364 e. The van der Waals surface area contributed by atoms with Crippen molar-refractivity contribution >= 4 is 22.5 Å². The van der Waals surface area contributed by atoms with Crippen LogP contribution in [0, 0.1) is 12.7 Å². The fourth-order valence-corrected chi connectivity index (χ4v) is 2.96. The minimum absolute atomic E-state index is 0.261. The molecule has 130 valence electrons. The normalized spacial score (nSPS) is 11.0. The van der Waals surface area contributed by atoms with Crippen molar-refractivity contribution in [3.8, 4) is 0 Å². The molecule has 0 aliphatic carbocycles. The lowest BCUT2D eigenvalue weighted by molar-refractivity contribution is 0.102. The zero-order chi connectivity index (χ0) is 18.1. The average Bonchev–Trinajstić information content (AvgIpc) is 3.22. The van der Waals surface area contributed by atoms with Crippen molar-refractivity contribution < 1.29 is 13.7 Å². The van der Waals surface area contributed by atoms with Crippen molar-refractivity contribution in [2.45, 2.75) is 13.5 Å². The molecule has 0 aliphatic rings. The summed E-state index contributed by atoms with van der Waals surface area (Å²) in [6.45, 7) is 2.29. The van der Waals surface area contributed by atoms with E-state index in [2.05, 4.69) is 10.5 Å². The van der Waals surface area contributed by atoms with Gasteiger partial charge in [-0.1, -0.05) is 35.5 Å². The first-order valence-electron chi connectivity index (χ1n) is 8.16. The van der Waals surface area contributed by atoms with E-state index >= 15 is 0 Å². The maximum Gasteiger partial charge on any atom is 0.260 e. The Hall–Kier alpha value is -3.41. The molecule has 0 bridgehead atoms. The van der Waals surface area contributed by atoms with E-state index in [1.807, 2.05) is 35.0 Å². The number of para-hydroxylation sites is 1. The summed E-state index contributed by atoms with van der Waals surface area (Å²) in [6, 6.07) is 14.2. The van der Waals surface area contributed by atoms with Crippen LogP contribution in [0.5, 0.6) is 0 Å². The second-order valence-corrected chi connectivity index (χ2v) is 6.08. The number of nitrogens with one attached hydrogen (secondary N) is 1. The van der Waals surface area contributed by atoms with E-state index in [4.69, 9.17) is 4.52 Å². The minimum atomic E-state index is -0.270. The Bertz CT molecular complexity index is 1080. The highest BCUT2D eigenvalue weighted by molar-refractivity contribution is 6.09. The highest BCUT2D eigenvalue weighted by atomic mass is 19.1. The molecule has 0 fully saturated rings. The molecule has 2 aromatic carbocycles. The van der Waals surface area contributed by atoms with Gasteiger partial charge in [-0.05, 0) is 30.7 Å². The number of halogens is 1. The summed E-state index contributed by atoms with van der Waals surface area (Å²) in [6.07, 6.45) is 3.22. The molecule has 0 atom stereocenters. The number of nitrogens with zero attached hydrogens (tertiary/aromatic N) is 2. The summed E-state index contributed by atoms with van der Waals surface area (Å²) in [7, 11) is 0. The maximum atomic E-state index is 13.1. The second-order valence-electron chi connectivity index (χ2n) is 6.08. The van der Waals surface area contributed by atoms with E-state index in [9.17, 15) is 9.18 Å². The number of carbonyl (C=O) groups excluding carboxylic acids is 1. The van der Waals surface area contributed by atoms with Gasteiger partial charge in [0.05, 0.1) is 16.9 Å². The average molecular weight is 349 g/mol. The predicted molar refractivity (Wildman–Crippen MR) is 96.6 cm³/mol. The molecule has 1 amide bonds. The van der Waals surface area contributed by atoms with Gasteiger partial charge >= 0.3 is 0 Å². The van der Waals surface area contributed by atoms with Crippen LogP contribution in [0.25, 0.3) is 10.9 Å². The number of benzene rings is 2. The Morgan fingerprint density at radius 1 is 1.19 bits per heavy atom. The molecule has 1 N–H and O–H groups in total. The zero-order valence-electron chi connectivity index (χ0n) is 14.1. The maximum absolute atomic E-state index is 13.1. The van der Waals surface area contributed by atoms with E-state index in [0.717, 1.165) is 16.5 Å². The summed E-state index contributed by atoms with van der Waals surface area (Å²) in [4.78, 5) is 12.5. The number of amides is 1. The molecule has 2 heterocycles. The van der Waals surface area contributed by atoms with Crippen LogP contribution >= 0.6 is 0 Å². The number of hydrogen-bond donors (Lipinski definition) is 1. The number of anilines is 1. The fraction of sp³-hybridized carbons (Fsp3) is 0.100. The van der Waals surface area contributed by atoms with Crippen molar-refractivity contribution in [2.75, 3.05) is 5.32 Å². The van der Waals surface area contributed by atoms with Gasteiger partial charge in [0, 0.05) is 18.1 Å². The van der Waals surface area contributed by atoms with Gasteiger partial charge in [0.25, 0.3) is 5.91 Å². The Balaban J connectivity index is 1.68. The van der Waals surface area contributed by atoms with E-state index in [1.165, 1.54) is 18.4 Å². The Morgan fingerprint density at radius 2 is 1.96 bits per heavy atom. The van der Waals surface area contributed by atoms with Crippen molar-refractivity contribution in [1.29, 1.82) is 0 Å². The number of aromatic nitrogens is 2. The monoisotopic (exact) mass is 349 g/mol. The molecule has 26 heavy (non-hydrogen) atoms. The van der Waals surface area contributed by atoms with Crippen LogP contribution in [-0.2, 0) is 6.54 Å². The topological polar surface area (TPSA) is 60.1 Å². The Morgan fingerprint density at radius 3 is 2.69 bits per heavy atom. The molecule has 4 rings (SSSR count). The molecule has 0 radical (unpaired) electrons. The van der Waals surface area contributed by atoms with Gasteiger partial charge in [0.15, 0.2) is 0 Å². The molecule has 0 unspecified atom stereocenters. The molecular weight excluding hydrogens is 333 g/mol. The lowest BCUT2D eigenvalue weighted by Crippen LogP contribution is -2.12. The zero-order valence-corrected chi connectivity index (χ0v) is 14.1. The van der Waals surface area contributed by atoms with E-state index in [1.54, 1.807) is 19.1 Å². The van der Waals surface area contributed by atoms with E-state index in [-0.39, 0.29) is 11.7 Å². The summed E-state index contributed by atoms with van der Waals surface area (Å²) in [5.74, 6) is -0.531. The van der Waals surface area contributed by atoms with Crippen molar-refractivity contribution in [1.82, 2.24) is 9.72 Å². The fourth-order valence-electron chi connectivity index (χ4n) is 2.96. The smallest absolute Gasteiger partial charge is 0.260 e. The SMILES string of the molecule is Cc1nocc1C(=O)Nc1cn(Cc2ccc(F)cc2)c2ccccc12. The van der Waals surface area contributed by atoms with Crippen LogP contribution in [0.1, 0.15) is 21.6 Å². The van der Waals surface area contributed by atoms with Crippen molar-refractivity contribution in [3.05, 3.63) is 83.6 Å². The molecule has 0 saturated carbocycles. The minimum Gasteiger partial charge on any atom is -0.364 e. The quantitative estimate of drug-likeness (QED) is 0.595. The molecule has 0 aliphatic heterocycles. The third kappa shape index (κ3) is 2.97. The van der Waals surface area contributed by atoms with Crippen molar-refractivity contribution in [3.63, 3.8) is 0 Å². The molecule has 0 spiro atoms. The first-order valence-corrected chi connectivity index (χ1v) is 8.16. The summed E-state index contributed by atoms with van der Waals surface area (Å²) >= 11 is 0. The molecule has 2 aromatic heterocycles. The lowest BCUT2D eigenvalue weighted by Gasteiger charge is -2.05. The van der Waals surface area contributed by atoms with Crippen LogP contribution in [0.2, 0.25) is 0 Å². The third-order valence-corrected chi connectivity index (χ3v) is 4.30. The van der Waals surface area contributed by atoms with Gasteiger partial charge in [-0.3, -0.25) is 4.79 Å². The lowest BCUT2D eigenvalue weighted by atomic mass is 10.2. The van der Waals surface area contributed by atoms with Gasteiger partial charge < -0.3 is 14.4 Å². The third-order valence-electron chi connectivity index (χ3n) is 4.30. The van der Waals surface area contributed by atoms with Gasteiger partial charge in [-0.2, -0.15) is 0 Å². The van der Waals surface area contributed by atoms with Gasteiger partial charge in [0.2, 0.25) is 0 Å². The molecule has 6 heteroatoms. The van der Waals surface area contributed by atoms with Gasteiger partial charge in [0.1, 0.15) is 17.6 Å². The van der Waals surface area contributed by atoms with Crippen molar-refractivity contribution in [2.24, 2.45) is 0 Å². The number of hydrogen-bond acceptors (Lipinski definition) is 3. The Labute approximate surface area is 149 Å². The number of carbonyl (C=O) groups is 1. The van der Waals surface area contributed by atoms with Crippen LogP contribution in [0.4, 0.5) is 10.1 Å². The van der Waals surface area contributed by atoms with E-state index in [0.29, 0.717) is 23.5 Å². The number of rotatable bonds is 4. The molecular formula is C20H16FN3O2. The number of fused-ring (bicyclic) bond motifs is 1. The first-order chi connectivity index (χ1) is 12.6. The molecule has 0 saturated heterocycles. The Kier molecular flexibility index (Phi) is 4.01. The predicted octanol–water partition coefficient (Wildman–Crippen LogP) is 4.38. The highest BCUT2D eigenvalue weighted by Crippen LogP contribution is 2.27. The van der Waals surface area contributed by atoms with Crippen LogP contribution in [0.15, 0.2) is 65.5 Å². The number of aryl methyl sites for hydroxylation is 1. The second kappa shape index (κ2) is 6.48. The first kappa shape index (κ1) is 16.1. The van der Waals surface area contributed by atoms with Crippen LogP contribution in [0.3, 0.4) is 0 Å². The standard InChI is InChI=1S/C20H16FN3O2/c1-13-17(12-26-23-13)20(25)22-18-11-24(19-5-3-2-4-16(18)19)10-14-6-8-15(21)9-7-14/h2-9,11-12H,10H2,1H3,(H,22,25).